The molecule has 3 aromatic rings. The highest BCUT2D eigenvalue weighted by atomic mass is 32.2. The van der Waals surface area contributed by atoms with Crippen LogP contribution in [0.4, 0.5) is 10.5 Å². The second-order valence-electron chi connectivity index (χ2n) is 19.0. The SMILES string of the molecule is COc1ccc(S(=O)(=O)N(CC(C)C)C[C@@H](O)[C@H](Cc2ccc(NC[C@H]3CCCC[C@H]3c3sc4c(c3C(=O)O)CC(C)(C)CC4)cc2)NC(=O)O[C@H]2CO[C@@]3(C)OCC[C@@H]23)cc1. The number of aromatic carboxylic acids is 1. The molecule has 1 amide bonds. The molecule has 2 aromatic carbocycles. The minimum atomic E-state index is -4.04. The molecular weight excluding hydrogens is 831 g/mol. The minimum Gasteiger partial charge on any atom is -0.497 e. The highest BCUT2D eigenvalue weighted by Crippen LogP contribution is 2.48. The van der Waals surface area contributed by atoms with E-state index in [1.54, 1.807) is 23.5 Å². The van der Waals surface area contributed by atoms with Gasteiger partial charge in [-0.15, -0.1) is 11.3 Å². The van der Waals surface area contributed by atoms with Crippen molar-refractivity contribution >= 4 is 39.1 Å². The van der Waals surface area contributed by atoms with Crippen molar-refractivity contribution in [2.45, 2.75) is 127 Å². The number of nitrogens with zero attached hydrogens (tertiary/aromatic N) is 1. The molecule has 2 aliphatic carbocycles. The van der Waals surface area contributed by atoms with Crippen LogP contribution in [-0.4, -0.2) is 99.0 Å². The molecule has 62 heavy (non-hydrogen) atoms. The van der Waals surface area contributed by atoms with E-state index in [9.17, 15) is 28.2 Å². The van der Waals surface area contributed by atoms with E-state index in [1.165, 1.54) is 28.4 Å². The van der Waals surface area contributed by atoms with E-state index >= 15 is 0 Å². The number of hydrogen-bond acceptors (Lipinski definition) is 11. The Morgan fingerprint density at radius 3 is 2.42 bits per heavy atom. The molecule has 0 bridgehead atoms. The summed E-state index contributed by atoms with van der Waals surface area (Å²) in [6.45, 7) is 11.4. The van der Waals surface area contributed by atoms with Crippen LogP contribution in [0.2, 0.25) is 0 Å². The number of anilines is 1. The Labute approximate surface area is 370 Å². The fourth-order valence-electron chi connectivity index (χ4n) is 9.92. The topological polar surface area (TPSA) is 173 Å². The molecule has 13 nitrogen and oxygen atoms in total. The zero-order chi connectivity index (χ0) is 44.4. The van der Waals surface area contributed by atoms with Crippen LogP contribution in [0, 0.1) is 23.2 Å². The van der Waals surface area contributed by atoms with Gasteiger partial charge in [0.25, 0.3) is 0 Å². The fourth-order valence-corrected chi connectivity index (χ4v) is 13.1. The molecular formula is C47H65N3O10S2. The molecule has 2 aliphatic heterocycles. The van der Waals surface area contributed by atoms with Gasteiger partial charge in [-0.3, -0.25) is 0 Å². The average Bonchev–Trinajstić information content (AvgIpc) is 3.90. The van der Waals surface area contributed by atoms with Crippen molar-refractivity contribution in [3.8, 4) is 5.75 Å². The molecule has 0 radical (unpaired) electrons. The van der Waals surface area contributed by atoms with Crippen LogP contribution in [0.1, 0.15) is 110 Å². The number of carbonyl (C=O) groups excluding carboxylic acids is 1. The number of rotatable bonds is 17. The van der Waals surface area contributed by atoms with Crippen LogP contribution in [0.15, 0.2) is 53.4 Å². The molecule has 0 unspecified atom stereocenters. The summed E-state index contributed by atoms with van der Waals surface area (Å²) < 4.78 is 52.0. The number of amides is 1. The number of aryl methyl sites for hydroxylation is 1. The van der Waals surface area contributed by atoms with E-state index in [1.807, 2.05) is 45.0 Å². The molecule has 15 heteroatoms. The third kappa shape index (κ3) is 10.4. The number of alkyl carbamates (subject to hydrolysis) is 1. The molecule has 4 aliphatic rings. The summed E-state index contributed by atoms with van der Waals surface area (Å²) in [5.74, 6) is -0.808. The maximum Gasteiger partial charge on any atom is 0.407 e. The molecule has 4 N–H and O–H groups in total. The Hall–Kier alpha value is -3.73. The molecule has 7 rings (SSSR count). The Bertz CT molecular complexity index is 2140. The van der Waals surface area contributed by atoms with Crippen LogP contribution >= 0.6 is 11.3 Å². The van der Waals surface area contributed by atoms with Crippen molar-refractivity contribution in [1.29, 1.82) is 0 Å². The second kappa shape index (κ2) is 19.2. The summed E-state index contributed by atoms with van der Waals surface area (Å²) in [6.07, 6.45) is 5.33. The number of sulfonamides is 1. The van der Waals surface area contributed by atoms with Crippen molar-refractivity contribution < 1.29 is 47.2 Å². The van der Waals surface area contributed by atoms with Crippen LogP contribution in [0.3, 0.4) is 0 Å². The van der Waals surface area contributed by atoms with Gasteiger partial charge in [0, 0.05) is 35.1 Å². The molecule has 3 fully saturated rings. The third-order valence-electron chi connectivity index (χ3n) is 13.4. The number of benzene rings is 2. The van der Waals surface area contributed by atoms with Crippen molar-refractivity contribution in [2.24, 2.45) is 23.2 Å². The zero-order valence-electron chi connectivity index (χ0n) is 37.0. The number of carboxylic acid groups (broad SMARTS) is 1. The van der Waals surface area contributed by atoms with E-state index in [0.717, 1.165) is 66.6 Å². The summed E-state index contributed by atoms with van der Waals surface area (Å²) in [4.78, 5) is 28.7. The normalized spacial score (nSPS) is 25.5. The number of carbonyl (C=O) groups is 2. The second-order valence-corrected chi connectivity index (χ2v) is 22.1. The number of carboxylic acids is 1. The first-order valence-electron chi connectivity index (χ1n) is 22.2. The van der Waals surface area contributed by atoms with Gasteiger partial charge in [0.15, 0.2) is 5.79 Å². The molecule has 340 valence electrons. The third-order valence-corrected chi connectivity index (χ3v) is 16.7. The molecule has 0 spiro atoms. The highest BCUT2D eigenvalue weighted by Gasteiger charge is 2.53. The van der Waals surface area contributed by atoms with E-state index in [-0.39, 0.29) is 60.1 Å². The highest BCUT2D eigenvalue weighted by molar-refractivity contribution is 7.89. The molecule has 1 aromatic heterocycles. The lowest BCUT2D eigenvalue weighted by atomic mass is 9.74. The van der Waals surface area contributed by atoms with Gasteiger partial charge >= 0.3 is 12.1 Å². The van der Waals surface area contributed by atoms with Crippen molar-refractivity contribution in [3.63, 3.8) is 0 Å². The smallest absolute Gasteiger partial charge is 0.407 e. The molecule has 7 atom stereocenters. The standard InChI is InChI=1S/C47H65N3O10S2/c1-29(2)26-50(62(55,56)34-17-15-33(57-6)16-18-34)27-39(51)38(49-45(54)60-40-28-59-47(5)37(40)20-22-58-47)23-30-11-13-32(14-12-30)48-25-31-9-7-8-10-35(31)43-42(44(52)53)36-24-46(3,4)21-19-41(36)61-43/h11-18,29,31,35,37-40,48,51H,7-10,19-28H2,1-6H3,(H,49,54)(H,52,53)/t31-,35-,37+,38+,39-,40+,47-/m1/s1. The van der Waals surface area contributed by atoms with Gasteiger partial charge in [0.2, 0.25) is 10.0 Å². The number of aliphatic hydroxyl groups is 1. The van der Waals surface area contributed by atoms with Gasteiger partial charge in [-0.05, 0) is 123 Å². The minimum absolute atomic E-state index is 0.0527. The average molecular weight is 896 g/mol. The monoisotopic (exact) mass is 895 g/mol. The van der Waals surface area contributed by atoms with E-state index in [0.29, 0.717) is 30.9 Å². The quantitative estimate of drug-likeness (QED) is 0.104. The Balaban J connectivity index is 1.06. The van der Waals surface area contributed by atoms with E-state index in [4.69, 9.17) is 18.9 Å². The van der Waals surface area contributed by atoms with Gasteiger partial charge in [-0.25, -0.2) is 18.0 Å². The predicted molar refractivity (Wildman–Crippen MR) is 239 cm³/mol. The van der Waals surface area contributed by atoms with Crippen LogP contribution in [0.25, 0.3) is 0 Å². The summed E-state index contributed by atoms with van der Waals surface area (Å²) in [6, 6.07) is 13.1. The van der Waals surface area contributed by atoms with E-state index < -0.39 is 46.1 Å². The Morgan fingerprint density at radius 1 is 1.00 bits per heavy atom. The van der Waals surface area contributed by atoms with Crippen molar-refractivity contribution in [2.75, 3.05) is 45.3 Å². The zero-order valence-corrected chi connectivity index (χ0v) is 38.6. The van der Waals surface area contributed by atoms with Crippen molar-refractivity contribution in [3.05, 3.63) is 75.0 Å². The number of ether oxygens (including phenoxy) is 4. The van der Waals surface area contributed by atoms with Gasteiger partial charge in [-0.2, -0.15) is 4.31 Å². The van der Waals surface area contributed by atoms with Gasteiger partial charge in [0.1, 0.15) is 11.9 Å². The maximum atomic E-state index is 14.0. The predicted octanol–water partition coefficient (Wildman–Crippen LogP) is 7.85. The lowest BCUT2D eigenvalue weighted by Gasteiger charge is -2.32. The first kappa shape index (κ1) is 46.3. The maximum absolute atomic E-state index is 14.0. The lowest BCUT2D eigenvalue weighted by molar-refractivity contribution is -0.181. The summed E-state index contributed by atoms with van der Waals surface area (Å²) in [7, 11) is -2.52. The fraction of sp³-hybridized carbons (Fsp3) is 0.617. The number of nitrogens with one attached hydrogen (secondary N) is 2. The van der Waals surface area contributed by atoms with Crippen molar-refractivity contribution in [1.82, 2.24) is 9.62 Å². The number of methoxy groups -OCH3 is 1. The van der Waals surface area contributed by atoms with Crippen LogP contribution in [-0.2, 0) is 43.5 Å². The largest absolute Gasteiger partial charge is 0.497 e. The van der Waals surface area contributed by atoms with Crippen LogP contribution in [0.5, 0.6) is 5.75 Å². The first-order chi connectivity index (χ1) is 29.5. The molecule has 1 saturated carbocycles. The van der Waals surface area contributed by atoms with Gasteiger partial charge < -0.3 is 39.8 Å². The number of thiophene rings is 1. The molecule has 2 saturated heterocycles. The number of hydrogen-bond donors (Lipinski definition) is 4. The summed E-state index contributed by atoms with van der Waals surface area (Å²) >= 11 is 1.74. The summed E-state index contributed by atoms with van der Waals surface area (Å²) in [5, 5.41) is 28.9. The van der Waals surface area contributed by atoms with Crippen LogP contribution < -0.4 is 15.4 Å². The Morgan fingerprint density at radius 2 is 1.73 bits per heavy atom. The lowest BCUT2D eigenvalue weighted by Crippen LogP contribution is -2.51. The Kier molecular flexibility index (Phi) is 14.3. The van der Waals surface area contributed by atoms with E-state index in [2.05, 4.69) is 24.5 Å². The molecule has 3 heterocycles. The first-order valence-corrected chi connectivity index (χ1v) is 24.5. The number of fused-ring (bicyclic) bond motifs is 2. The van der Waals surface area contributed by atoms with Gasteiger partial charge in [-0.1, -0.05) is 52.7 Å². The van der Waals surface area contributed by atoms with Gasteiger partial charge in [0.05, 0.1) is 48.8 Å². The number of aliphatic hydroxyl groups excluding tert-OH is 1. The summed E-state index contributed by atoms with van der Waals surface area (Å²) in [5.41, 5.74) is 3.44.